The lowest BCUT2D eigenvalue weighted by molar-refractivity contribution is -0.151. The molecule has 40 heavy (non-hydrogen) atoms. The van der Waals surface area contributed by atoms with Gasteiger partial charge in [0.05, 0.1) is 18.7 Å². The molecule has 8 nitrogen and oxygen atoms in total. The average molecular weight is 549 g/mol. The van der Waals surface area contributed by atoms with E-state index in [1.165, 1.54) is 0 Å². The molecule has 0 aromatic heterocycles. The minimum Gasteiger partial charge on any atom is -0.358 e. The van der Waals surface area contributed by atoms with Crippen molar-refractivity contribution in [1.29, 1.82) is 0 Å². The number of ether oxygens (including phenoxy) is 1. The second-order valence-corrected chi connectivity index (χ2v) is 11.7. The van der Waals surface area contributed by atoms with Crippen LogP contribution in [0.2, 0.25) is 0 Å². The Morgan fingerprint density at radius 1 is 0.925 bits per heavy atom. The summed E-state index contributed by atoms with van der Waals surface area (Å²) in [5, 5.41) is 9.15. The predicted molar refractivity (Wildman–Crippen MR) is 155 cm³/mol. The number of rotatable bonds is 9. The zero-order chi connectivity index (χ0) is 29.0. The third-order valence-electron chi connectivity index (χ3n) is 8.99. The van der Waals surface area contributed by atoms with Gasteiger partial charge in [-0.2, -0.15) is 0 Å². The van der Waals surface area contributed by atoms with Crippen LogP contribution in [0.15, 0.2) is 60.7 Å². The van der Waals surface area contributed by atoms with Crippen LogP contribution in [0.1, 0.15) is 64.6 Å². The van der Waals surface area contributed by atoms with Crippen molar-refractivity contribution in [3.8, 4) is 0 Å². The number of likely N-dealkylation sites (N-methyl/N-ethyl adjacent to an activating group) is 1. The molecular formula is C32H44N4O4. The maximum absolute atomic E-state index is 14.6. The highest BCUT2D eigenvalue weighted by Gasteiger charge is 2.61. The molecule has 2 saturated heterocycles. The van der Waals surface area contributed by atoms with Gasteiger partial charge in [-0.3, -0.25) is 14.4 Å². The van der Waals surface area contributed by atoms with Gasteiger partial charge in [-0.25, -0.2) is 0 Å². The van der Waals surface area contributed by atoms with Gasteiger partial charge in [0.15, 0.2) is 0 Å². The lowest BCUT2D eigenvalue weighted by atomic mass is 9.63. The first-order chi connectivity index (χ1) is 19.1. The van der Waals surface area contributed by atoms with Crippen LogP contribution in [0.4, 0.5) is 0 Å². The molecule has 2 fully saturated rings. The van der Waals surface area contributed by atoms with Crippen molar-refractivity contribution in [1.82, 2.24) is 20.9 Å². The summed E-state index contributed by atoms with van der Waals surface area (Å²) in [7, 11) is 1.70. The molecule has 216 valence electrons. The van der Waals surface area contributed by atoms with Crippen molar-refractivity contribution in [3.05, 3.63) is 71.8 Å². The molecule has 2 heterocycles. The summed E-state index contributed by atoms with van der Waals surface area (Å²) >= 11 is 0. The normalized spacial score (nSPS) is 23.2. The molecule has 0 saturated carbocycles. The van der Waals surface area contributed by atoms with Gasteiger partial charge in [-0.1, -0.05) is 88.4 Å². The first kappa shape index (κ1) is 29.7. The van der Waals surface area contributed by atoms with E-state index in [0.717, 1.165) is 11.1 Å². The standard InChI is InChI=1S/C32H44N4O4/c1-20(2)32(21(3)4)19-26-36(31(39)25(17-18-40-26)34-29(37)22(5)33-6)28(32)30(38)35-27(23-13-9-7-10-14-23)24-15-11-8-12-16-24/h7-16,20-22,25-28,33H,17-19H2,1-6H3,(H,34,37)(H,35,38)/t22?,25-,26?,28?/m0/s1. The van der Waals surface area contributed by atoms with Crippen molar-refractivity contribution < 1.29 is 19.1 Å². The van der Waals surface area contributed by atoms with E-state index in [-0.39, 0.29) is 35.6 Å². The summed E-state index contributed by atoms with van der Waals surface area (Å²) in [5.74, 6) is -0.549. The lowest BCUT2D eigenvalue weighted by Crippen LogP contribution is -2.60. The minimum atomic E-state index is -0.766. The number of fused-ring (bicyclic) bond motifs is 1. The zero-order valence-electron chi connectivity index (χ0n) is 24.5. The molecule has 0 spiro atoms. The highest BCUT2D eigenvalue weighted by atomic mass is 16.5. The molecule has 0 aliphatic carbocycles. The summed E-state index contributed by atoms with van der Waals surface area (Å²) in [6.45, 7) is 10.6. The molecule has 3 unspecified atom stereocenters. The Bertz CT molecular complexity index is 1120. The second-order valence-electron chi connectivity index (χ2n) is 11.7. The van der Waals surface area contributed by atoms with E-state index < -0.39 is 29.8 Å². The van der Waals surface area contributed by atoms with Gasteiger partial charge in [0, 0.05) is 18.3 Å². The Hall–Kier alpha value is -3.23. The highest BCUT2D eigenvalue weighted by Crippen LogP contribution is 2.52. The topological polar surface area (TPSA) is 99.8 Å². The summed E-state index contributed by atoms with van der Waals surface area (Å²) in [5.41, 5.74) is 1.40. The molecule has 3 N–H and O–H groups in total. The molecular weight excluding hydrogens is 504 g/mol. The van der Waals surface area contributed by atoms with Crippen molar-refractivity contribution in [2.24, 2.45) is 17.3 Å². The van der Waals surface area contributed by atoms with E-state index in [9.17, 15) is 14.4 Å². The number of carbonyl (C=O) groups excluding carboxylic acids is 3. The van der Waals surface area contributed by atoms with Crippen LogP contribution < -0.4 is 16.0 Å². The van der Waals surface area contributed by atoms with Gasteiger partial charge in [-0.05, 0) is 36.9 Å². The van der Waals surface area contributed by atoms with E-state index in [1.807, 2.05) is 60.7 Å². The summed E-state index contributed by atoms with van der Waals surface area (Å²) in [6.07, 6.45) is 0.375. The number of hydrogen-bond donors (Lipinski definition) is 3. The van der Waals surface area contributed by atoms with Crippen LogP contribution in [0.5, 0.6) is 0 Å². The Morgan fingerprint density at radius 3 is 1.98 bits per heavy atom. The van der Waals surface area contributed by atoms with Crippen LogP contribution in [0.3, 0.4) is 0 Å². The monoisotopic (exact) mass is 548 g/mol. The molecule has 0 bridgehead atoms. The van der Waals surface area contributed by atoms with Crippen LogP contribution in [-0.2, 0) is 19.1 Å². The fourth-order valence-corrected chi connectivity index (χ4v) is 6.54. The fourth-order valence-electron chi connectivity index (χ4n) is 6.54. The van der Waals surface area contributed by atoms with E-state index in [2.05, 4.69) is 43.6 Å². The largest absolute Gasteiger partial charge is 0.358 e. The number of nitrogens with zero attached hydrogens (tertiary/aromatic N) is 1. The maximum atomic E-state index is 14.6. The average Bonchev–Trinajstić information content (AvgIpc) is 3.24. The third-order valence-corrected chi connectivity index (χ3v) is 8.99. The summed E-state index contributed by atoms with van der Waals surface area (Å²) < 4.78 is 6.26. The van der Waals surface area contributed by atoms with Crippen molar-refractivity contribution in [2.75, 3.05) is 13.7 Å². The summed E-state index contributed by atoms with van der Waals surface area (Å²) in [6, 6.07) is 17.4. The first-order valence-electron chi connectivity index (χ1n) is 14.4. The van der Waals surface area contributed by atoms with Crippen LogP contribution in [0, 0.1) is 17.3 Å². The van der Waals surface area contributed by atoms with E-state index in [1.54, 1.807) is 18.9 Å². The third kappa shape index (κ3) is 5.65. The number of benzene rings is 2. The molecule has 2 aliphatic heterocycles. The molecule has 4 atom stereocenters. The molecule has 3 amide bonds. The van der Waals surface area contributed by atoms with Crippen molar-refractivity contribution in [2.45, 2.75) is 77.9 Å². The Morgan fingerprint density at radius 2 is 1.48 bits per heavy atom. The van der Waals surface area contributed by atoms with E-state index in [4.69, 9.17) is 4.74 Å². The summed E-state index contributed by atoms with van der Waals surface area (Å²) in [4.78, 5) is 43.1. The SMILES string of the molecule is CNC(C)C(=O)N[C@H]1CCOC2CC(C(C)C)(C(C)C)C(C(=O)NC(c3ccccc3)c3ccccc3)N2C1=O. The lowest BCUT2D eigenvalue weighted by Gasteiger charge is -2.44. The minimum absolute atomic E-state index is 0.0934. The second kappa shape index (κ2) is 12.5. The van der Waals surface area contributed by atoms with Crippen molar-refractivity contribution >= 4 is 17.7 Å². The van der Waals surface area contributed by atoms with Gasteiger partial charge in [0.2, 0.25) is 17.7 Å². The van der Waals surface area contributed by atoms with Crippen LogP contribution in [-0.4, -0.2) is 60.6 Å². The Balaban J connectivity index is 1.75. The van der Waals surface area contributed by atoms with Crippen molar-refractivity contribution in [3.63, 3.8) is 0 Å². The quantitative estimate of drug-likeness (QED) is 0.445. The van der Waals surface area contributed by atoms with Crippen LogP contribution >= 0.6 is 0 Å². The van der Waals surface area contributed by atoms with E-state index >= 15 is 0 Å². The molecule has 8 heteroatoms. The molecule has 4 rings (SSSR count). The van der Waals surface area contributed by atoms with Gasteiger partial charge in [-0.15, -0.1) is 0 Å². The molecule has 2 aromatic rings. The number of amides is 3. The highest BCUT2D eigenvalue weighted by molar-refractivity contribution is 5.94. The molecule has 0 radical (unpaired) electrons. The maximum Gasteiger partial charge on any atom is 0.247 e. The van der Waals surface area contributed by atoms with E-state index in [0.29, 0.717) is 19.4 Å². The Labute approximate surface area is 238 Å². The van der Waals surface area contributed by atoms with Gasteiger partial charge in [0.1, 0.15) is 18.3 Å². The van der Waals surface area contributed by atoms with Gasteiger partial charge in [0.25, 0.3) is 0 Å². The van der Waals surface area contributed by atoms with Gasteiger partial charge >= 0.3 is 0 Å². The molecule has 2 aromatic carbocycles. The number of carbonyl (C=O) groups is 3. The smallest absolute Gasteiger partial charge is 0.247 e. The number of nitrogens with one attached hydrogen (secondary N) is 3. The Kier molecular flexibility index (Phi) is 9.31. The first-order valence-corrected chi connectivity index (χ1v) is 14.4. The zero-order valence-corrected chi connectivity index (χ0v) is 24.5. The van der Waals surface area contributed by atoms with Gasteiger partial charge < -0.3 is 25.6 Å². The number of hydrogen-bond acceptors (Lipinski definition) is 5. The van der Waals surface area contributed by atoms with Crippen LogP contribution in [0.25, 0.3) is 0 Å². The predicted octanol–water partition coefficient (Wildman–Crippen LogP) is 3.63. The molecule has 2 aliphatic rings. The fraction of sp³-hybridized carbons (Fsp3) is 0.531.